The van der Waals surface area contributed by atoms with Gasteiger partial charge in [-0.15, -0.1) is 0 Å². The van der Waals surface area contributed by atoms with Gasteiger partial charge in [0.15, 0.2) is 12.1 Å². The Morgan fingerprint density at radius 2 is 1.65 bits per heavy atom. The normalized spacial score (nSPS) is 35.6. The zero-order valence-corrected chi connectivity index (χ0v) is 12.0. The number of carbonyl (C=O) groups is 1. The topological polar surface area (TPSA) is 197 Å². The Labute approximate surface area is 130 Å². The lowest BCUT2D eigenvalue weighted by Gasteiger charge is -2.41. The molecule has 0 radical (unpaired) electrons. The van der Waals surface area contributed by atoms with E-state index in [1.54, 1.807) is 0 Å². The maximum absolute atomic E-state index is 11.3. The number of rotatable bonds is 8. The lowest BCUT2D eigenvalue weighted by atomic mass is 9.98. The fourth-order valence-corrected chi connectivity index (χ4v) is 2.09. The van der Waals surface area contributed by atoms with E-state index in [1.165, 1.54) is 0 Å². The van der Waals surface area contributed by atoms with Crippen LogP contribution in [0.4, 0.5) is 0 Å². The number of aliphatic hydroxyl groups is 8. The number of aliphatic hydroxyl groups excluding tert-OH is 8. The molecule has 0 spiro atoms. The second kappa shape index (κ2) is 8.94. The van der Waals surface area contributed by atoms with Crippen LogP contribution >= 0.6 is 0 Å². The van der Waals surface area contributed by atoms with Crippen LogP contribution < -0.4 is 0 Å². The summed E-state index contributed by atoms with van der Waals surface area (Å²) < 4.78 is 10.1. The summed E-state index contributed by atoms with van der Waals surface area (Å²) in [6.45, 7) is -2.71. The Hall–Kier alpha value is -0.730. The zero-order chi connectivity index (χ0) is 17.7. The fourth-order valence-electron chi connectivity index (χ4n) is 2.09. The van der Waals surface area contributed by atoms with Gasteiger partial charge in [-0.25, -0.2) is 0 Å². The Kier molecular flexibility index (Phi) is 7.89. The molecule has 23 heavy (non-hydrogen) atoms. The minimum atomic E-state index is -2.05. The molecule has 8 atom stereocenters. The monoisotopic (exact) mass is 342 g/mol. The van der Waals surface area contributed by atoms with Crippen LogP contribution in [-0.2, 0) is 14.3 Å². The summed E-state index contributed by atoms with van der Waals surface area (Å²) in [4.78, 5) is 11.3. The average molecular weight is 342 g/mol. The molecule has 11 heteroatoms. The van der Waals surface area contributed by atoms with Crippen LogP contribution in [0.3, 0.4) is 0 Å². The fraction of sp³-hybridized carbons (Fsp3) is 0.917. The highest BCUT2D eigenvalue weighted by Gasteiger charge is 2.46. The van der Waals surface area contributed by atoms with Crippen molar-refractivity contribution >= 4 is 5.78 Å². The summed E-state index contributed by atoms with van der Waals surface area (Å²) in [5.74, 6) is -1.12. The van der Waals surface area contributed by atoms with Crippen LogP contribution in [-0.4, -0.2) is 115 Å². The van der Waals surface area contributed by atoms with E-state index < -0.39 is 74.6 Å². The van der Waals surface area contributed by atoms with Crippen molar-refractivity contribution in [2.75, 3.05) is 19.8 Å². The first-order chi connectivity index (χ1) is 10.8. The number of hydrogen-bond donors (Lipinski definition) is 8. The van der Waals surface area contributed by atoms with Crippen LogP contribution in [0.1, 0.15) is 0 Å². The lowest BCUT2D eigenvalue weighted by Crippen LogP contribution is -2.61. The molecule has 0 aromatic heterocycles. The molecule has 8 N–H and O–H groups in total. The molecule has 11 nitrogen and oxygen atoms in total. The van der Waals surface area contributed by atoms with E-state index in [0.29, 0.717) is 0 Å². The van der Waals surface area contributed by atoms with Crippen molar-refractivity contribution in [2.45, 2.75) is 49.0 Å². The first-order valence-electron chi connectivity index (χ1n) is 6.85. The van der Waals surface area contributed by atoms with Crippen molar-refractivity contribution in [3.63, 3.8) is 0 Å². The second-order valence-electron chi connectivity index (χ2n) is 5.12. The Bertz CT molecular complexity index is 376. The maximum Gasteiger partial charge on any atom is 0.189 e. The van der Waals surface area contributed by atoms with Crippen LogP contribution in [0.2, 0.25) is 0 Å². The molecule has 0 aliphatic carbocycles. The van der Waals surface area contributed by atoms with Crippen LogP contribution in [0.5, 0.6) is 0 Å². The maximum atomic E-state index is 11.3. The SMILES string of the molecule is O=C(CO)[C@@H](O)[C@H](O[C@@H]1O[C@@H](CO)[C@@H](O)[C@H](O)[C@@H]1O)[C@H](O)CO. The Balaban J connectivity index is 2.91. The van der Waals surface area contributed by atoms with Gasteiger partial charge in [0.25, 0.3) is 0 Å². The largest absolute Gasteiger partial charge is 0.394 e. The van der Waals surface area contributed by atoms with Gasteiger partial charge in [-0.3, -0.25) is 4.79 Å². The zero-order valence-electron chi connectivity index (χ0n) is 12.0. The van der Waals surface area contributed by atoms with Gasteiger partial charge >= 0.3 is 0 Å². The molecular formula is C12H22O11. The molecule has 1 heterocycles. The summed E-state index contributed by atoms with van der Waals surface area (Å²) in [5.41, 5.74) is 0. The van der Waals surface area contributed by atoms with Gasteiger partial charge < -0.3 is 50.3 Å². The van der Waals surface area contributed by atoms with Gasteiger partial charge in [0, 0.05) is 0 Å². The molecule has 1 aliphatic heterocycles. The van der Waals surface area contributed by atoms with Gasteiger partial charge in [-0.05, 0) is 0 Å². The second-order valence-corrected chi connectivity index (χ2v) is 5.12. The third kappa shape index (κ3) is 4.64. The quantitative estimate of drug-likeness (QED) is 0.209. The van der Waals surface area contributed by atoms with Gasteiger partial charge in [0.05, 0.1) is 13.2 Å². The molecule has 0 amide bonds. The van der Waals surface area contributed by atoms with Crippen molar-refractivity contribution in [3.05, 3.63) is 0 Å². The van der Waals surface area contributed by atoms with Crippen LogP contribution in [0, 0.1) is 0 Å². The molecular weight excluding hydrogens is 320 g/mol. The highest BCUT2D eigenvalue weighted by Crippen LogP contribution is 2.24. The first kappa shape index (κ1) is 20.3. The summed E-state index contributed by atoms with van der Waals surface area (Å²) in [7, 11) is 0. The highest BCUT2D eigenvalue weighted by atomic mass is 16.7. The molecule has 0 bridgehead atoms. The van der Waals surface area contributed by atoms with E-state index in [2.05, 4.69) is 0 Å². The van der Waals surface area contributed by atoms with Crippen molar-refractivity contribution in [2.24, 2.45) is 0 Å². The van der Waals surface area contributed by atoms with Crippen molar-refractivity contribution in [1.82, 2.24) is 0 Å². The lowest BCUT2D eigenvalue weighted by molar-refractivity contribution is -0.323. The number of ether oxygens (including phenoxy) is 2. The predicted octanol–water partition coefficient (Wildman–Crippen LogP) is -5.55. The average Bonchev–Trinajstić information content (AvgIpc) is 2.57. The first-order valence-corrected chi connectivity index (χ1v) is 6.85. The summed E-state index contributed by atoms with van der Waals surface area (Å²) in [6, 6.07) is 0. The van der Waals surface area contributed by atoms with Gasteiger partial charge in [0.1, 0.15) is 49.3 Å². The highest BCUT2D eigenvalue weighted by molar-refractivity contribution is 5.84. The third-order valence-corrected chi connectivity index (χ3v) is 3.50. The molecule has 0 saturated carbocycles. The van der Waals surface area contributed by atoms with Crippen molar-refractivity contribution in [1.29, 1.82) is 0 Å². The van der Waals surface area contributed by atoms with E-state index in [9.17, 15) is 30.3 Å². The minimum Gasteiger partial charge on any atom is -0.394 e. The van der Waals surface area contributed by atoms with Gasteiger partial charge in [-0.1, -0.05) is 0 Å². The minimum absolute atomic E-state index is 0.726. The summed E-state index contributed by atoms with van der Waals surface area (Å²) in [5, 5.41) is 75.1. The standard InChI is InChI=1S/C12H22O11/c13-1-4(16)7(18)11(5(17)2-14)23-12-10(21)9(20)8(19)6(3-15)22-12/h5-15,17-21H,1-3H2/t5-,6+,7-,8-,9+,10+,11-,12+/m1/s1. The van der Waals surface area contributed by atoms with Crippen molar-refractivity contribution < 1.29 is 55.1 Å². The molecule has 1 saturated heterocycles. The molecule has 1 rings (SSSR count). The van der Waals surface area contributed by atoms with Gasteiger partial charge in [-0.2, -0.15) is 0 Å². The molecule has 136 valence electrons. The van der Waals surface area contributed by atoms with E-state index in [4.69, 9.17) is 24.8 Å². The smallest absolute Gasteiger partial charge is 0.189 e. The van der Waals surface area contributed by atoms with E-state index in [-0.39, 0.29) is 0 Å². The van der Waals surface area contributed by atoms with Crippen LogP contribution in [0.15, 0.2) is 0 Å². The Morgan fingerprint density at radius 3 is 2.13 bits per heavy atom. The molecule has 0 aromatic rings. The number of ketones is 1. The third-order valence-electron chi connectivity index (χ3n) is 3.50. The molecule has 0 unspecified atom stereocenters. The summed E-state index contributed by atoms with van der Waals surface area (Å²) in [6.07, 6.45) is -13.8. The molecule has 1 aliphatic rings. The predicted molar refractivity (Wildman–Crippen MR) is 69.8 cm³/mol. The summed E-state index contributed by atoms with van der Waals surface area (Å²) >= 11 is 0. The molecule has 0 aromatic carbocycles. The van der Waals surface area contributed by atoms with E-state index >= 15 is 0 Å². The number of hydrogen-bond acceptors (Lipinski definition) is 11. The van der Waals surface area contributed by atoms with Crippen molar-refractivity contribution in [3.8, 4) is 0 Å². The van der Waals surface area contributed by atoms with E-state index in [1.807, 2.05) is 0 Å². The van der Waals surface area contributed by atoms with Crippen LogP contribution in [0.25, 0.3) is 0 Å². The molecule has 1 fully saturated rings. The number of carbonyl (C=O) groups excluding carboxylic acids is 1. The Morgan fingerprint density at radius 1 is 1.04 bits per heavy atom. The number of Topliss-reactive ketones (excluding diaryl/α,β-unsaturated/α-hetero) is 1. The van der Waals surface area contributed by atoms with E-state index in [0.717, 1.165) is 0 Å². The van der Waals surface area contributed by atoms with Gasteiger partial charge in [0.2, 0.25) is 0 Å².